The molecule has 1 aliphatic rings. The van der Waals surface area contributed by atoms with E-state index in [1.54, 1.807) is 40.1 Å². The monoisotopic (exact) mass is 478 g/mol. The van der Waals surface area contributed by atoms with Crippen molar-refractivity contribution in [2.75, 3.05) is 29.5 Å². The summed E-state index contributed by atoms with van der Waals surface area (Å²) in [5, 5.41) is 14.1. The van der Waals surface area contributed by atoms with Gasteiger partial charge in [-0.2, -0.15) is 0 Å². The number of anilines is 2. The molecule has 3 amide bonds. The van der Waals surface area contributed by atoms with Gasteiger partial charge < -0.3 is 20.1 Å². The van der Waals surface area contributed by atoms with Gasteiger partial charge in [0, 0.05) is 37.1 Å². The Hall–Kier alpha value is -3.66. The number of aromatic nitrogens is 3. The van der Waals surface area contributed by atoms with Crippen molar-refractivity contribution < 1.29 is 14.4 Å². The molecular formula is C24H26N6O3S. The van der Waals surface area contributed by atoms with Crippen LogP contribution >= 0.6 is 11.8 Å². The van der Waals surface area contributed by atoms with E-state index >= 15 is 0 Å². The Morgan fingerprint density at radius 3 is 2.62 bits per heavy atom. The fourth-order valence-corrected chi connectivity index (χ4v) is 4.47. The maximum Gasteiger partial charge on any atom is 0.253 e. The number of hydrogen-bond acceptors (Lipinski definition) is 6. The van der Waals surface area contributed by atoms with Gasteiger partial charge in [-0.1, -0.05) is 36.0 Å². The van der Waals surface area contributed by atoms with Crippen molar-refractivity contribution in [1.29, 1.82) is 0 Å². The van der Waals surface area contributed by atoms with Gasteiger partial charge in [-0.3, -0.25) is 14.4 Å². The second kappa shape index (κ2) is 11.0. The first-order chi connectivity index (χ1) is 16.5. The topological polar surface area (TPSA) is 109 Å². The maximum atomic E-state index is 13.1. The lowest BCUT2D eigenvalue weighted by Crippen LogP contribution is -2.43. The molecule has 34 heavy (non-hydrogen) atoms. The molecule has 2 N–H and O–H groups in total. The van der Waals surface area contributed by atoms with Crippen LogP contribution in [0.25, 0.3) is 0 Å². The molecule has 0 radical (unpaired) electrons. The van der Waals surface area contributed by atoms with Crippen LogP contribution in [0.1, 0.15) is 23.2 Å². The summed E-state index contributed by atoms with van der Waals surface area (Å²) in [6.07, 6.45) is 3.07. The van der Waals surface area contributed by atoms with E-state index < -0.39 is 0 Å². The number of benzene rings is 2. The molecule has 1 atom stereocenters. The van der Waals surface area contributed by atoms with Gasteiger partial charge in [-0.25, -0.2) is 0 Å². The van der Waals surface area contributed by atoms with Crippen molar-refractivity contribution in [3.8, 4) is 0 Å². The molecule has 1 aromatic heterocycles. The zero-order valence-corrected chi connectivity index (χ0v) is 19.6. The molecule has 1 saturated heterocycles. The first kappa shape index (κ1) is 23.5. The van der Waals surface area contributed by atoms with Crippen LogP contribution in [-0.4, -0.2) is 56.2 Å². The van der Waals surface area contributed by atoms with Crippen LogP contribution in [0.2, 0.25) is 0 Å². The summed E-state index contributed by atoms with van der Waals surface area (Å²) in [6.45, 7) is 0.960. The zero-order valence-electron chi connectivity index (χ0n) is 18.8. The highest BCUT2D eigenvalue weighted by Gasteiger charge is 2.29. The molecule has 9 nitrogen and oxygen atoms in total. The van der Waals surface area contributed by atoms with Gasteiger partial charge in [0.25, 0.3) is 5.91 Å². The average Bonchev–Trinajstić information content (AvgIpc) is 3.27. The van der Waals surface area contributed by atoms with Gasteiger partial charge in [-0.15, -0.1) is 10.2 Å². The average molecular weight is 479 g/mol. The lowest BCUT2D eigenvalue weighted by atomic mass is 9.96. The Morgan fingerprint density at radius 1 is 1.06 bits per heavy atom. The van der Waals surface area contributed by atoms with E-state index in [-0.39, 0.29) is 29.4 Å². The van der Waals surface area contributed by atoms with Crippen molar-refractivity contribution in [2.45, 2.75) is 18.0 Å². The number of aryl methyl sites for hydroxylation is 1. The second-order valence-corrected chi connectivity index (χ2v) is 9.03. The van der Waals surface area contributed by atoms with E-state index in [0.717, 1.165) is 18.5 Å². The number of nitrogens with zero attached hydrogens (tertiary/aromatic N) is 4. The van der Waals surface area contributed by atoms with Gasteiger partial charge in [0.1, 0.15) is 6.33 Å². The van der Waals surface area contributed by atoms with Crippen LogP contribution in [-0.2, 0) is 16.6 Å². The van der Waals surface area contributed by atoms with Crippen molar-refractivity contribution in [3.05, 3.63) is 66.5 Å². The molecule has 2 heterocycles. The number of amides is 3. The number of thioether (sulfide) groups is 1. The number of rotatable bonds is 7. The molecule has 1 fully saturated rings. The summed E-state index contributed by atoms with van der Waals surface area (Å²) in [4.78, 5) is 39.9. The molecular weight excluding hydrogens is 452 g/mol. The van der Waals surface area contributed by atoms with Gasteiger partial charge in [0.2, 0.25) is 11.8 Å². The standard InChI is InChI=1S/C24H26N6O3S/c1-29-16-25-28-24(29)34-15-21(31)26-20-11-5-7-17(13-20)23(33)30-12-6-8-18(14-30)22(32)27-19-9-3-2-4-10-19/h2-5,7,9-11,13,16,18H,6,8,12,14-15H2,1H3,(H,26,31)(H,27,32)/t18-/m0/s1. The number of hydrogen-bond donors (Lipinski definition) is 2. The molecule has 2 aromatic carbocycles. The van der Waals surface area contributed by atoms with Crippen LogP contribution in [0.5, 0.6) is 0 Å². The second-order valence-electron chi connectivity index (χ2n) is 8.09. The van der Waals surface area contributed by atoms with Gasteiger partial charge in [0.15, 0.2) is 5.16 Å². The van der Waals surface area contributed by atoms with Gasteiger partial charge >= 0.3 is 0 Å². The minimum Gasteiger partial charge on any atom is -0.338 e. The Bertz CT molecular complexity index is 1170. The molecule has 3 aromatic rings. The highest BCUT2D eigenvalue weighted by molar-refractivity contribution is 7.99. The Labute approximate surface area is 201 Å². The summed E-state index contributed by atoms with van der Waals surface area (Å²) in [7, 11) is 1.81. The zero-order chi connectivity index (χ0) is 23.9. The lowest BCUT2D eigenvalue weighted by molar-refractivity contribution is -0.121. The summed E-state index contributed by atoms with van der Waals surface area (Å²) in [5.74, 6) is -0.520. The molecule has 10 heteroatoms. The highest BCUT2D eigenvalue weighted by atomic mass is 32.2. The molecule has 0 aliphatic carbocycles. The molecule has 4 rings (SSSR count). The molecule has 0 unspecified atom stereocenters. The summed E-state index contributed by atoms with van der Waals surface area (Å²) in [5.41, 5.74) is 1.77. The van der Waals surface area contributed by atoms with Gasteiger partial charge in [0.05, 0.1) is 11.7 Å². The molecule has 176 valence electrons. The first-order valence-corrected chi connectivity index (χ1v) is 12.0. The normalized spacial score (nSPS) is 15.6. The number of likely N-dealkylation sites (tertiary alicyclic amines) is 1. The van der Waals surface area contributed by atoms with Crippen molar-refractivity contribution in [1.82, 2.24) is 19.7 Å². The van der Waals surface area contributed by atoms with E-state index in [4.69, 9.17) is 0 Å². The minimum atomic E-state index is -0.265. The molecule has 0 spiro atoms. The van der Waals surface area contributed by atoms with E-state index in [1.165, 1.54) is 11.8 Å². The number of para-hydroxylation sites is 1. The highest BCUT2D eigenvalue weighted by Crippen LogP contribution is 2.22. The number of nitrogens with one attached hydrogen (secondary N) is 2. The van der Waals surface area contributed by atoms with E-state index in [0.29, 0.717) is 29.5 Å². The number of piperidine rings is 1. The number of carbonyl (C=O) groups excluding carboxylic acids is 3. The van der Waals surface area contributed by atoms with Gasteiger partial charge in [-0.05, 0) is 43.2 Å². The van der Waals surface area contributed by atoms with Crippen LogP contribution in [0.4, 0.5) is 11.4 Å². The van der Waals surface area contributed by atoms with Crippen molar-refractivity contribution >= 4 is 40.9 Å². The summed E-state index contributed by atoms with van der Waals surface area (Å²) < 4.78 is 1.74. The third-order valence-electron chi connectivity index (χ3n) is 5.52. The number of carbonyl (C=O) groups is 3. The largest absolute Gasteiger partial charge is 0.338 e. The Balaban J connectivity index is 1.34. The van der Waals surface area contributed by atoms with Crippen LogP contribution < -0.4 is 10.6 Å². The smallest absolute Gasteiger partial charge is 0.253 e. The van der Waals surface area contributed by atoms with E-state index in [1.807, 2.05) is 37.4 Å². The molecule has 0 bridgehead atoms. The van der Waals surface area contributed by atoms with Crippen LogP contribution in [0.15, 0.2) is 66.1 Å². The van der Waals surface area contributed by atoms with E-state index in [9.17, 15) is 14.4 Å². The van der Waals surface area contributed by atoms with Crippen LogP contribution in [0.3, 0.4) is 0 Å². The SMILES string of the molecule is Cn1cnnc1SCC(=O)Nc1cccc(C(=O)N2CCC[C@H](C(=O)Nc3ccccc3)C2)c1. The Kier molecular flexibility index (Phi) is 7.58. The minimum absolute atomic E-state index is 0.0786. The fraction of sp³-hybridized carbons (Fsp3) is 0.292. The van der Waals surface area contributed by atoms with E-state index in [2.05, 4.69) is 20.8 Å². The van der Waals surface area contributed by atoms with Crippen molar-refractivity contribution in [3.63, 3.8) is 0 Å². The Morgan fingerprint density at radius 2 is 1.85 bits per heavy atom. The summed E-state index contributed by atoms with van der Waals surface area (Å²) in [6, 6.07) is 16.2. The fourth-order valence-electron chi connectivity index (χ4n) is 3.78. The third kappa shape index (κ3) is 6.02. The predicted octanol–water partition coefficient (Wildman–Crippen LogP) is 3.04. The molecule has 0 saturated carbocycles. The predicted molar refractivity (Wildman–Crippen MR) is 130 cm³/mol. The lowest BCUT2D eigenvalue weighted by Gasteiger charge is -2.32. The third-order valence-corrected chi connectivity index (χ3v) is 6.55. The maximum absolute atomic E-state index is 13.1. The van der Waals surface area contributed by atoms with Crippen molar-refractivity contribution in [2.24, 2.45) is 13.0 Å². The summed E-state index contributed by atoms with van der Waals surface area (Å²) >= 11 is 1.28. The molecule has 1 aliphatic heterocycles. The first-order valence-electron chi connectivity index (χ1n) is 11.0. The quantitative estimate of drug-likeness (QED) is 0.505. The van der Waals surface area contributed by atoms with Crippen LogP contribution in [0, 0.1) is 5.92 Å².